The zero-order valence-electron chi connectivity index (χ0n) is 13.7. The minimum atomic E-state index is -0.498. The second kappa shape index (κ2) is 7.46. The third-order valence-electron chi connectivity index (χ3n) is 4.40. The summed E-state index contributed by atoms with van der Waals surface area (Å²) in [6.07, 6.45) is 2.44. The zero-order valence-corrected chi connectivity index (χ0v) is 13.7. The first kappa shape index (κ1) is 17.3. The van der Waals surface area contributed by atoms with Gasteiger partial charge in [0.2, 0.25) is 5.91 Å². The van der Waals surface area contributed by atoms with Gasteiger partial charge in [0.05, 0.1) is 12.7 Å². The van der Waals surface area contributed by atoms with Crippen molar-refractivity contribution >= 4 is 11.8 Å². The third-order valence-corrected chi connectivity index (χ3v) is 4.40. The van der Waals surface area contributed by atoms with Crippen molar-refractivity contribution in [1.29, 1.82) is 0 Å². The van der Waals surface area contributed by atoms with Crippen LogP contribution in [0.15, 0.2) is 24.3 Å². The molecule has 0 radical (unpaired) electrons. The SMILES string of the molecule is COc1cccc(C(=O)N2CCCC(CCC(N)=O)(OC)C2)c1. The molecule has 0 saturated carbocycles. The van der Waals surface area contributed by atoms with Crippen LogP contribution in [0.5, 0.6) is 5.75 Å². The number of methoxy groups -OCH3 is 2. The number of amides is 2. The molecule has 126 valence electrons. The van der Waals surface area contributed by atoms with Crippen LogP contribution < -0.4 is 10.5 Å². The predicted molar refractivity (Wildman–Crippen MR) is 86.3 cm³/mol. The number of nitrogens with zero attached hydrogens (tertiary/aromatic N) is 1. The van der Waals surface area contributed by atoms with Crippen LogP contribution in [-0.2, 0) is 9.53 Å². The van der Waals surface area contributed by atoms with Gasteiger partial charge in [-0.25, -0.2) is 0 Å². The lowest BCUT2D eigenvalue weighted by Crippen LogP contribution is -2.51. The molecule has 0 aromatic heterocycles. The number of primary amides is 1. The van der Waals surface area contributed by atoms with Crippen molar-refractivity contribution in [2.24, 2.45) is 5.73 Å². The number of piperidine rings is 1. The molecular formula is C17H24N2O4. The van der Waals surface area contributed by atoms with Crippen molar-refractivity contribution < 1.29 is 19.1 Å². The largest absolute Gasteiger partial charge is 0.497 e. The van der Waals surface area contributed by atoms with E-state index in [0.717, 1.165) is 12.8 Å². The van der Waals surface area contributed by atoms with Crippen molar-refractivity contribution in [1.82, 2.24) is 4.90 Å². The van der Waals surface area contributed by atoms with Gasteiger partial charge in [-0.1, -0.05) is 6.07 Å². The normalized spacial score (nSPS) is 21.0. The Hall–Kier alpha value is -2.08. The molecule has 1 aliphatic heterocycles. The summed E-state index contributed by atoms with van der Waals surface area (Å²) in [4.78, 5) is 25.6. The maximum absolute atomic E-state index is 12.7. The molecule has 2 rings (SSSR count). The van der Waals surface area contributed by atoms with Gasteiger partial charge in [-0.05, 0) is 37.5 Å². The quantitative estimate of drug-likeness (QED) is 0.863. The number of likely N-dealkylation sites (tertiary alicyclic amines) is 1. The van der Waals surface area contributed by atoms with Gasteiger partial charge in [0.15, 0.2) is 0 Å². The number of carbonyl (C=O) groups excluding carboxylic acids is 2. The van der Waals surface area contributed by atoms with Crippen LogP contribution in [0.4, 0.5) is 0 Å². The Morgan fingerprint density at radius 1 is 1.35 bits per heavy atom. The van der Waals surface area contributed by atoms with E-state index in [2.05, 4.69) is 0 Å². The van der Waals surface area contributed by atoms with Crippen LogP contribution >= 0.6 is 0 Å². The summed E-state index contributed by atoms with van der Waals surface area (Å²) >= 11 is 0. The van der Waals surface area contributed by atoms with E-state index in [1.54, 1.807) is 43.4 Å². The molecule has 0 bridgehead atoms. The van der Waals surface area contributed by atoms with Crippen LogP contribution in [0.2, 0.25) is 0 Å². The molecule has 1 fully saturated rings. The fourth-order valence-electron chi connectivity index (χ4n) is 3.03. The van der Waals surface area contributed by atoms with Crippen LogP contribution in [0.3, 0.4) is 0 Å². The smallest absolute Gasteiger partial charge is 0.254 e. The minimum Gasteiger partial charge on any atom is -0.497 e. The highest BCUT2D eigenvalue weighted by Crippen LogP contribution is 2.30. The molecule has 1 aromatic rings. The molecule has 1 aromatic carbocycles. The lowest BCUT2D eigenvalue weighted by molar-refractivity contribution is -0.120. The molecule has 1 heterocycles. The summed E-state index contributed by atoms with van der Waals surface area (Å²) in [5.74, 6) is 0.251. The number of benzene rings is 1. The van der Waals surface area contributed by atoms with Crippen molar-refractivity contribution in [3.8, 4) is 5.75 Å². The summed E-state index contributed by atoms with van der Waals surface area (Å²) < 4.78 is 10.8. The van der Waals surface area contributed by atoms with Gasteiger partial charge in [-0.15, -0.1) is 0 Å². The van der Waals surface area contributed by atoms with Gasteiger partial charge in [0, 0.05) is 32.2 Å². The van der Waals surface area contributed by atoms with E-state index in [0.29, 0.717) is 30.8 Å². The first-order valence-electron chi connectivity index (χ1n) is 7.76. The van der Waals surface area contributed by atoms with Crippen LogP contribution in [0, 0.1) is 0 Å². The van der Waals surface area contributed by atoms with Gasteiger partial charge < -0.3 is 20.1 Å². The Labute approximate surface area is 136 Å². The fraction of sp³-hybridized carbons (Fsp3) is 0.529. The molecule has 0 aliphatic carbocycles. The highest BCUT2D eigenvalue weighted by Gasteiger charge is 2.37. The number of hydrogen-bond acceptors (Lipinski definition) is 4. The third kappa shape index (κ3) is 4.22. The molecule has 6 nitrogen and oxygen atoms in total. The van der Waals surface area contributed by atoms with Gasteiger partial charge in [0.25, 0.3) is 5.91 Å². The summed E-state index contributed by atoms with van der Waals surface area (Å²) in [5.41, 5.74) is 5.34. The monoisotopic (exact) mass is 320 g/mol. The van der Waals surface area contributed by atoms with Crippen molar-refractivity contribution in [3.05, 3.63) is 29.8 Å². The molecular weight excluding hydrogens is 296 g/mol. The van der Waals surface area contributed by atoms with Crippen molar-refractivity contribution in [2.75, 3.05) is 27.3 Å². The van der Waals surface area contributed by atoms with E-state index in [9.17, 15) is 9.59 Å². The van der Waals surface area contributed by atoms with Crippen molar-refractivity contribution in [2.45, 2.75) is 31.3 Å². The molecule has 1 unspecified atom stereocenters. The van der Waals surface area contributed by atoms with E-state index >= 15 is 0 Å². The number of carbonyl (C=O) groups is 2. The lowest BCUT2D eigenvalue weighted by Gasteiger charge is -2.42. The number of ether oxygens (including phenoxy) is 2. The Morgan fingerprint density at radius 3 is 2.78 bits per heavy atom. The summed E-state index contributed by atoms with van der Waals surface area (Å²) in [5, 5.41) is 0. The maximum atomic E-state index is 12.7. The first-order chi connectivity index (χ1) is 11.0. The molecule has 1 saturated heterocycles. The Balaban J connectivity index is 2.12. The topological polar surface area (TPSA) is 81.9 Å². The Bertz CT molecular complexity index is 575. The Morgan fingerprint density at radius 2 is 2.13 bits per heavy atom. The number of rotatable bonds is 6. The maximum Gasteiger partial charge on any atom is 0.254 e. The highest BCUT2D eigenvalue weighted by atomic mass is 16.5. The van der Waals surface area contributed by atoms with Gasteiger partial charge in [-0.3, -0.25) is 9.59 Å². The van der Waals surface area contributed by atoms with E-state index in [1.807, 2.05) is 0 Å². The molecule has 1 aliphatic rings. The average Bonchev–Trinajstić information content (AvgIpc) is 2.59. The molecule has 6 heteroatoms. The highest BCUT2D eigenvalue weighted by molar-refractivity contribution is 5.94. The second-order valence-electron chi connectivity index (χ2n) is 5.92. The second-order valence-corrected chi connectivity index (χ2v) is 5.92. The predicted octanol–water partition coefficient (Wildman–Crippen LogP) is 1.58. The molecule has 2 amide bonds. The average molecular weight is 320 g/mol. The van der Waals surface area contributed by atoms with Crippen molar-refractivity contribution in [3.63, 3.8) is 0 Å². The van der Waals surface area contributed by atoms with Gasteiger partial charge >= 0.3 is 0 Å². The summed E-state index contributed by atoms with van der Waals surface area (Å²) in [7, 11) is 3.20. The standard InChI is InChI=1S/C17H24N2O4/c1-22-14-6-3-5-13(11-14)16(21)19-10-4-8-17(12-19,23-2)9-7-15(18)20/h3,5-6,11H,4,7-10,12H2,1-2H3,(H2,18,20). The van der Waals surface area contributed by atoms with Gasteiger partial charge in [0.1, 0.15) is 5.75 Å². The summed E-state index contributed by atoms with van der Waals surface area (Å²) in [6, 6.07) is 7.11. The fourth-order valence-corrected chi connectivity index (χ4v) is 3.03. The first-order valence-corrected chi connectivity index (χ1v) is 7.76. The lowest BCUT2D eigenvalue weighted by atomic mass is 9.87. The van der Waals surface area contributed by atoms with Gasteiger partial charge in [-0.2, -0.15) is 0 Å². The van der Waals surface area contributed by atoms with E-state index < -0.39 is 5.60 Å². The zero-order chi connectivity index (χ0) is 16.9. The molecule has 2 N–H and O–H groups in total. The van der Waals surface area contributed by atoms with Crippen LogP contribution in [-0.4, -0.2) is 49.6 Å². The van der Waals surface area contributed by atoms with Crippen LogP contribution in [0.1, 0.15) is 36.0 Å². The number of hydrogen-bond donors (Lipinski definition) is 1. The summed E-state index contributed by atoms with van der Waals surface area (Å²) in [6.45, 7) is 1.14. The van der Waals surface area contributed by atoms with E-state index in [1.165, 1.54) is 0 Å². The van der Waals surface area contributed by atoms with Crippen LogP contribution in [0.25, 0.3) is 0 Å². The Kier molecular flexibility index (Phi) is 5.60. The molecule has 1 atom stereocenters. The van der Waals surface area contributed by atoms with E-state index in [-0.39, 0.29) is 18.2 Å². The molecule has 0 spiro atoms. The number of nitrogens with two attached hydrogens (primary N) is 1. The molecule has 23 heavy (non-hydrogen) atoms. The van der Waals surface area contributed by atoms with E-state index in [4.69, 9.17) is 15.2 Å². The minimum absolute atomic E-state index is 0.0518.